The topological polar surface area (TPSA) is 32.3 Å². The first-order chi connectivity index (χ1) is 5.20. The number of halogens is 1. The minimum atomic E-state index is -0.749. The zero-order chi connectivity index (χ0) is 8.69. The van der Waals surface area contributed by atoms with E-state index in [9.17, 15) is 4.39 Å². The van der Waals surface area contributed by atoms with Crippen molar-refractivity contribution in [1.82, 2.24) is 5.32 Å². The molecule has 0 saturated carbocycles. The van der Waals surface area contributed by atoms with Gasteiger partial charge in [0, 0.05) is 6.54 Å². The molecule has 0 saturated heterocycles. The molecule has 0 amide bonds. The van der Waals surface area contributed by atoms with Gasteiger partial charge in [0.05, 0.1) is 12.3 Å². The Balaban J connectivity index is 3.22. The minimum Gasteiger partial charge on any atom is -0.392 e. The van der Waals surface area contributed by atoms with E-state index in [1.807, 2.05) is 6.92 Å². The molecule has 0 aliphatic rings. The Hall–Kier alpha value is -0.150. The third-order valence-corrected chi connectivity index (χ3v) is 1.70. The average molecular weight is 163 g/mol. The molecule has 0 aromatic heterocycles. The second kappa shape index (κ2) is 6.55. The Bertz CT molecular complexity index is 90.2. The third-order valence-electron chi connectivity index (χ3n) is 1.70. The number of rotatable bonds is 6. The van der Waals surface area contributed by atoms with E-state index >= 15 is 0 Å². The lowest BCUT2D eigenvalue weighted by Gasteiger charge is -2.10. The van der Waals surface area contributed by atoms with Crippen LogP contribution in [0.15, 0.2) is 0 Å². The molecule has 0 rings (SSSR count). The summed E-state index contributed by atoms with van der Waals surface area (Å²) in [4.78, 5) is 0. The van der Waals surface area contributed by atoms with Crippen molar-refractivity contribution in [3.05, 3.63) is 0 Å². The van der Waals surface area contributed by atoms with Crippen LogP contribution in [0.3, 0.4) is 0 Å². The monoisotopic (exact) mass is 163 g/mol. The normalized spacial score (nSPS) is 16.4. The Morgan fingerprint density at radius 1 is 1.45 bits per heavy atom. The van der Waals surface area contributed by atoms with Crippen LogP contribution in [0.2, 0.25) is 0 Å². The van der Waals surface area contributed by atoms with Crippen LogP contribution in [0.25, 0.3) is 0 Å². The number of hydrogen-bond acceptors (Lipinski definition) is 2. The van der Waals surface area contributed by atoms with E-state index in [-0.39, 0.29) is 0 Å². The highest BCUT2D eigenvalue weighted by Crippen LogP contribution is 2.07. The largest absolute Gasteiger partial charge is 0.392 e. The first-order valence-corrected chi connectivity index (χ1v) is 4.17. The van der Waals surface area contributed by atoms with Gasteiger partial charge in [-0.05, 0) is 26.3 Å². The van der Waals surface area contributed by atoms with Crippen molar-refractivity contribution in [2.75, 3.05) is 13.6 Å². The van der Waals surface area contributed by atoms with E-state index in [1.54, 1.807) is 7.05 Å². The summed E-state index contributed by atoms with van der Waals surface area (Å²) in [6.45, 7) is 2.37. The van der Waals surface area contributed by atoms with Crippen LogP contribution >= 0.6 is 0 Å². The van der Waals surface area contributed by atoms with Crippen LogP contribution in [0.5, 0.6) is 0 Å². The molecule has 0 aliphatic heterocycles. The molecule has 2 N–H and O–H groups in total. The molecular weight excluding hydrogens is 145 g/mol. The molecule has 2 nitrogen and oxygen atoms in total. The number of aliphatic hydroxyl groups is 1. The molecule has 0 heterocycles. The highest BCUT2D eigenvalue weighted by molar-refractivity contribution is 4.61. The fourth-order valence-electron chi connectivity index (χ4n) is 0.915. The maximum absolute atomic E-state index is 12.6. The predicted octanol–water partition coefficient (Wildman–Crippen LogP) is 1.09. The van der Waals surface area contributed by atoms with Crippen molar-refractivity contribution in [3.63, 3.8) is 0 Å². The molecule has 3 heteroatoms. The Morgan fingerprint density at radius 3 is 2.55 bits per heavy atom. The van der Waals surface area contributed by atoms with Gasteiger partial charge in [-0.3, -0.25) is 0 Å². The SMILES string of the molecule is CC[C@H](F)CC[C@H](O)CNC. The first-order valence-electron chi connectivity index (χ1n) is 4.17. The predicted molar refractivity (Wildman–Crippen MR) is 44.4 cm³/mol. The fourth-order valence-corrected chi connectivity index (χ4v) is 0.915. The lowest BCUT2D eigenvalue weighted by Crippen LogP contribution is -2.24. The summed E-state index contributed by atoms with van der Waals surface area (Å²) >= 11 is 0. The Kier molecular flexibility index (Phi) is 6.46. The number of aliphatic hydroxyl groups excluding tert-OH is 1. The van der Waals surface area contributed by atoms with Crippen LogP contribution in [0, 0.1) is 0 Å². The Morgan fingerprint density at radius 2 is 2.09 bits per heavy atom. The van der Waals surface area contributed by atoms with Crippen LogP contribution in [0.1, 0.15) is 26.2 Å². The van der Waals surface area contributed by atoms with E-state index in [0.717, 1.165) is 0 Å². The van der Waals surface area contributed by atoms with Crippen LogP contribution in [0.4, 0.5) is 4.39 Å². The van der Waals surface area contributed by atoms with Crippen LogP contribution in [-0.4, -0.2) is 31.0 Å². The number of alkyl halides is 1. The van der Waals surface area contributed by atoms with E-state index in [2.05, 4.69) is 5.32 Å². The molecule has 0 unspecified atom stereocenters. The van der Waals surface area contributed by atoms with Gasteiger partial charge in [0.2, 0.25) is 0 Å². The second-order valence-corrected chi connectivity index (χ2v) is 2.79. The van der Waals surface area contributed by atoms with Gasteiger partial charge in [-0.15, -0.1) is 0 Å². The van der Waals surface area contributed by atoms with E-state index < -0.39 is 12.3 Å². The summed E-state index contributed by atoms with van der Waals surface area (Å²) in [5.41, 5.74) is 0. The van der Waals surface area contributed by atoms with Gasteiger partial charge in [-0.25, -0.2) is 4.39 Å². The van der Waals surface area contributed by atoms with Gasteiger partial charge in [0.1, 0.15) is 0 Å². The maximum Gasteiger partial charge on any atom is 0.1000 e. The van der Waals surface area contributed by atoms with Crippen molar-refractivity contribution in [3.8, 4) is 0 Å². The van der Waals surface area contributed by atoms with Crippen molar-refractivity contribution < 1.29 is 9.50 Å². The van der Waals surface area contributed by atoms with Gasteiger partial charge in [-0.2, -0.15) is 0 Å². The Labute approximate surface area is 67.8 Å². The van der Waals surface area contributed by atoms with Crippen molar-refractivity contribution in [2.24, 2.45) is 0 Å². The highest BCUT2D eigenvalue weighted by Gasteiger charge is 2.07. The molecule has 2 atom stereocenters. The zero-order valence-corrected chi connectivity index (χ0v) is 7.31. The minimum absolute atomic E-state index is 0.398. The van der Waals surface area contributed by atoms with Crippen molar-refractivity contribution >= 4 is 0 Å². The molecule has 0 aromatic rings. The highest BCUT2D eigenvalue weighted by atomic mass is 19.1. The molecule has 0 spiro atoms. The number of hydrogen-bond donors (Lipinski definition) is 2. The summed E-state index contributed by atoms with van der Waals surface area (Å²) in [5.74, 6) is 0. The van der Waals surface area contributed by atoms with Gasteiger partial charge in [-0.1, -0.05) is 6.92 Å². The van der Waals surface area contributed by atoms with Gasteiger partial charge < -0.3 is 10.4 Å². The van der Waals surface area contributed by atoms with E-state index in [0.29, 0.717) is 25.8 Å². The number of likely N-dealkylation sites (N-methyl/N-ethyl adjacent to an activating group) is 1. The fraction of sp³-hybridized carbons (Fsp3) is 1.00. The lowest BCUT2D eigenvalue weighted by molar-refractivity contribution is 0.146. The molecule has 0 fully saturated rings. The van der Waals surface area contributed by atoms with Gasteiger partial charge >= 0.3 is 0 Å². The number of nitrogens with one attached hydrogen (secondary N) is 1. The third kappa shape index (κ3) is 6.26. The molecular formula is C8H18FNO. The van der Waals surface area contributed by atoms with E-state index in [1.165, 1.54) is 0 Å². The van der Waals surface area contributed by atoms with Crippen molar-refractivity contribution in [1.29, 1.82) is 0 Å². The first kappa shape index (κ1) is 10.8. The zero-order valence-electron chi connectivity index (χ0n) is 7.31. The molecule has 68 valence electrons. The average Bonchev–Trinajstić information content (AvgIpc) is 2.01. The van der Waals surface area contributed by atoms with Crippen LogP contribution < -0.4 is 5.32 Å². The molecule has 0 aromatic carbocycles. The summed E-state index contributed by atoms with van der Waals surface area (Å²) in [5, 5.41) is 12.0. The molecule has 0 radical (unpaired) electrons. The summed E-state index contributed by atoms with van der Waals surface area (Å²) in [7, 11) is 1.77. The summed E-state index contributed by atoms with van der Waals surface area (Å²) < 4.78 is 12.6. The maximum atomic E-state index is 12.6. The quantitative estimate of drug-likeness (QED) is 0.614. The smallest absolute Gasteiger partial charge is 0.1000 e. The van der Waals surface area contributed by atoms with Crippen LogP contribution in [-0.2, 0) is 0 Å². The lowest BCUT2D eigenvalue weighted by atomic mass is 10.1. The summed E-state index contributed by atoms with van der Waals surface area (Å²) in [6.07, 6.45) is 0.424. The molecule has 11 heavy (non-hydrogen) atoms. The summed E-state index contributed by atoms with van der Waals surface area (Å²) in [6, 6.07) is 0. The second-order valence-electron chi connectivity index (χ2n) is 2.79. The van der Waals surface area contributed by atoms with Gasteiger partial charge in [0.25, 0.3) is 0 Å². The molecule has 0 bridgehead atoms. The molecule has 0 aliphatic carbocycles. The van der Waals surface area contributed by atoms with Gasteiger partial charge in [0.15, 0.2) is 0 Å². The standard InChI is InChI=1S/C8H18FNO/c1-3-7(9)4-5-8(11)6-10-2/h7-8,10-11H,3-6H2,1-2H3/t7-,8-/m0/s1. The van der Waals surface area contributed by atoms with Crippen molar-refractivity contribution in [2.45, 2.75) is 38.5 Å². The van der Waals surface area contributed by atoms with E-state index in [4.69, 9.17) is 5.11 Å².